The fraction of sp³-hybridized carbons (Fsp3) is 0.174. The average Bonchev–Trinajstić information content (AvgIpc) is 3.41. The van der Waals surface area contributed by atoms with Gasteiger partial charge in [0.15, 0.2) is 9.84 Å². The molecule has 0 radical (unpaired) electrons. The summed E-state index contributed by atoms with van der Waals surface area (Å²) < 4.78 is 31.5. The first-order chi connectivity index (χ1) is 15.4. The van der Waals surface area contributed by atoms with Crippen molar-refractivity contribution in [3.8, 4) is 0 Å². The van der Waals surface area contributed by atoms with Crippen LogP contribution in [0.3, 0.4) is 0 Å². The van der Waals surface area contributed by atoms with Crippen molar-refractivity contribution in [2.45, 2.75) is 16.6 Å². The molecule has 0 unspecified atom stereocenters. The fourth-order valence-corrected chi connectivity index (χ4v) is 5.17. The zero-order valence-electron chi connectivity index (χ0n) is 16.9. The van der Waals surface area contributed by atoms with E-state index in [-0.39, 0.29) is 30.2 Å². The second kappa shape index (κ2) is 8.80. The first kappa shape index (κ1) is 21.5. The normalized spacial score (nSPS) is 14.3. The number of imide groups is 1. The lowest BCUT2D eigenvalue weighted by Crippen LogP contribution is -2.36. The van der Waals surface area contributed by atoms with Crippen molar-refractivity contribution in [1.82, 2.24) is 10.2 Å². The van der Waals surface area contributed by atoms with E-state index in [0.29, 0.717) is 11.1 Å². The van der Waals surface area contributed by atoms with E-state index in [1.165, 1.54) is 24.5 Å². The number of carbonyl (C=O) groups is 3. The maximum atomic E-state index is 13.1. The van der Waals surface area contributed by atoms with Gasteiger partial charge in [0.1, 0.15) is 11.0 Å². The number of fused-ring (bicyclic) bond motifs is 1. The Morgan fingerprint density at radius 1 is 0.906 bits per heavy atom. The molecule has 0 saturated heterocycles. The van der Waals surface area contributed by atoms with Gasteiger partial charge in [-0.3, -0.25) is 19.3 Å². The molecule has 0 fully saturated rings. The van der Waals surface area contributed by atoms with E-state index in [4.69, 9.17) is 4.42 Å². The lowest BCUT2D eigenvalue weighted by atomic mass is 10.1. The topological polar surface area (TPSA) is 114 Å². The van der Waals surface area contributed by atoms with Crippen LogP contribution in [0.5, 0.6) is 0 Å². The molecule has 0 aliphatic carbocycles. The summed E-state index contributed by atoms with van der Waals surface area (Å²) in [6, 6.07) is 17.5. The molecule has 9 heteroatoms. The van der Waals surface area contributed by atoms with E-state index < -0.39 is 32.8 Å². The van der Waals surface area contributed by atoms with E-state index in [0.717, 1.165) is 4.90 Å². The number of nitrogens with zero attached hydrogens (tertiary/aromatic N) is 1. The number of hydrogen-bond acceptors (Lipinski definition) is 6. The summed E-state index contributed by atoms with van der Waals surface area (Å²) in [5, 5.41) is 1.47. The number of nitrogens with one attached hydrogen (secondary N) is 1. The molecule has 2 heterocycles. The van der Waals surface area contributed by atoms with Gasteiger partial charge < -0.3 is 9.73 Å². The van der Waals surface area contributed by atoms with Crippen LogP contribution in [-0.4, -0.2) is 44.1 Å². The Balaban J connectivity index is 1.42. The molecule has 4 rings (SSSR count). The number of hydrogen-bond donors (Lipinski definition) is 1. The highest BCUT2D eigenvalue weighted by Gasteiger charge is 2.35. The zero-order valence-corrected chi connectivity index (χ0v) is 17.7. The van der Waals surface area contributed by atoms with Crippen LogP contribution in [0.15, 0.2) is 82.3 Å². The van der Waals surface area contributed by atoms with Crippen LogP contribution >= 0.6 is 0 Å². The standard InChI is InChI=1S/C23H20N2O6S/c26-21(12-13-25-22(27)17-9-4-5-10-18(17)23(25)28)24-15-20(19-11-6-14-31-19)32(29,30)16-7-2-1-3-8-16/h1-11,14,20H,12-13,15H2,(H,24,26)/t20-/m1/s1. The first-order valence-electron chi connectivity index (χ1n) is 9.94. The van der Waals surface area contributed by atoms with Gasteiger partial charge in [-0.1, -0.05) is 30.3 Å². The molecule has 2 aromatic carbocycles. The smallest absolute Gasteiger partial charge is 0.261 e. The third kappa shape index (κ3) is 4.06. The molecule has 1 aliphatic heterocycles. The molecule has 1 aromatic heterocycles. The van der Waals surface area contributed by atoms with E-state index in [1.54, 1.807) is 48.5 Å². The number of benzene rings is 2. The van der Waals surface area contributed by atoms with E-state index >= 15 is 0 Å². The summed E-state index contributed by atoms with van der Waals surface area (Å²) >= 11 is 0. The Morgan fingerprint density at radius 3 is 2.12 bits per heavy atom. The minimum atomic E-state index is -3.83. The Bertz CT molecular complexity index is 1220. The molecule has 3 aromatic rings. The van der Waals surface area contributed by atoms with Gasteiger partial charge in [0.05, 0.1) is 22.3 Å². The van der Waals surface area contributed by atoms with Gasteiger partial charge in [-0.25, -0.2) is 8.42 Å². The van der Waals surface area contributed by atoms with Crippen molar-refractivity contribution in [3.63, 3.8) is 0 Å². The number of furan rings is 1. The van der Waals surface area contributed by atoms with Crippen LogP contribution in [-0.2, 0) is 14.6 Å². The van der Waals surface area contributed by atoms with Gasteiger partial charge in [-0.05, 0) is 36.4 Å². The first-order valence-corrected chi connectivity index (χ1v) is 11.5. The van der Waals surface area contributed by atoms with Gasteiger partial charge in [0.2, 0.25) is 5.91 Å². The van der Waals surface area contributed by atoms with Gasteiger partial charge >= 0.3 is 0 Å². The Morgan fingerprint density at radius 2 is 1.53 bits per heavy atom. The summed E-state index contributed by atoms with van der Waals surface area (Å²) in [6.07, 6.45) is 1.22. The van der Waals surface area contributed by atoms with Gasteiger partial charge in [-0.2, -0.15) is 0 Å². The van der Waals surface area contributed by atoms with Crippen molar-refractivity contribution in [3.05, 3.63) is 89.9 Å². The molecule has 32 heavy (non-hydrogen) atoms. The second-order valence-electron chi connectivity index (χ2n) is 7.22. The predicted molar refractivity (Wildman–Crippen MR) is 115 cm³/mol. The van der Waals surface area contributed by atoms with Crippen LogP contribution in [0.2, 0.25) is 0 Å². The highest BCUT2D eigenvalue weighted by atomic mass is 32.2. The van der Waals surface area contributed by atoms with Crippen LogP contribution in [0.4, 0.5) is 0 Å². The van der Waals surface area contributed by atoms with Crippen LogP contribution < -0.4 is 5.32 Å². The van der Waals surface area contributed by atoms with Crippen LogP contribution in [0.25, 0.3) is 0 Å². The average molecular weight is 452 g/mol. The summed E-state index contributed by atoms with van der Waals surface area (Å²) in [5.41, 5.74) is 0.620. The summed E-state index contributed by atoms with van der Waals surface area (Å²) in [5.74, 6) is -1.17. The highest BCUT2D eigenvalue weighted by molar-refractivity contribution is 7.91. The minimum Gasteiger partial charge on any atom is -0.468 e. The summed E-state index contributed by atoms with van der Waals surface area (Å²) in [4.78, 5) is 38.4. The van der Waals surface area contributed by atoms with Gasteiger partial charge in [0, 0.05) is 19.5 Å². The maximum absolute atomic E-state index is 13.1. The van der Waals surface area contributed by atoms with Gasteiger partial charge in [0.25, 0.3) is 11.8 Å². The van der Waals surface area contributed by atoms with Crippen molar-refractivity contribution < 1.29 is 27.2 Å². The number of carbonyl (C=O) groups excluding carboxylic acids is 3. The summed E-state index contributed by atoms with van der Waals surface area (Å²) in [7, 11) is -3.83. The number of amides is 3. The molecule has 1 aliphatic rings. The predicted octanol–water partition coefficient (Wildman–Crippen LogP) is 2.60. The van der Waals surface area contributed by atoms with Crippen LogP contribution in [0, 0.1) is 0 Å². The Hall–Kier alpha value is -3.72. The lowest BCUT2D eigenvalue weighted by Gasteiger charge is -2.17. The third-order valence-electron chi connectivity index (χ3n) is 5.23. The molecule has 0 bridgehead atoms. The minimum absolute atomic E-state index is 0.102. The molecular formula is C23H20N2O6S. The molecule has 0 spiro atoms. The van der Waals surface area contributed by atoms with E-state index in [2.05, 4.69) is 5.32 Å². The Kier molecular flexibility index (Phi) is 5.91. The van der Waals surface area contributed by atoms with E-state index in [9.17, 15) is 22.8 Å². The maximum Gasteiger partial charge on any atom is 0.261 e. The second-order valence-corrected chi connectivity index (χ2v) is 9.35. The fourth-order valence-electron chi connectivity index (χ4n) is 3.56. The van der Waals surface area contributed by atoms with Crippen molar-refractivity contribution >= 4 is 27.6 Å². The van der Waals surface area contributed by atoms with Crippen molar-refractivity contribution in [2.24, 2.45) is 0 Å². The molecule has 8 nitrogen and oxygen atoms in total. The van der Waals surface area contributed by atoms with Crippen molar-refractivity contribution in [1.29, 1.82) is 0 Å². The summed E-state index contributed by atoms with van der Waals surface area (Å²) in [6.45, 7) is -0.319. The molecule has 0 saturated carbocycles. The molecule has 1 N–H and O–H groups in total. The van der Waals surface area contributed by atoms with Gasteiger partial charge in [-0.15, -0.1) is 0 Å². The molecular weight excluding hydrogens is 432 g/mol. The van der Waals surface area contributed by atoms with Crippen molar-refractivity contribution in [2.75, 3.05) is 13.1 Å². The SMILES string of the molecule is O=C(CCN1C(=O)c2ccccc2C1=O)NC[C@H](c1ccco1)S(=O)(=O)c1ccccc1. The molecule has 3 amide bonds. The van der Waals surface area contributed by atoms with E-state index in [1.807, 2.05) is 0 Å². The Labute approximate surface area is 184 Å². The highest BCUT2D eigenvalue weighted by Crippen LogP contribution is 2.29. The molecule has 164 valence electrons. The molecule has 1 atom stereocenters. The third-order valence-corrected chi connectivity index (χ3v) is 7.31. The number of rotatable bonds is 8. The lowest BCUT2D eigenvalue weighted by molar-refractivity contribution is -0.121. The quantitative estimate of drug-likeness (QED) is 0.526. The monoisotopic (exact) mass is 452 g/mol. The van der Waals surface area contributed by atoms with Crippen LogP contribution in [0.1, 0.15) is 38.1 Å². The number of sulfone groups is 1. The largest absolute Gasteiger partial charge is 0.468 e. The zero-order chi connectivity index (χ0) is 22.7.